The van der Waals surface area contributed by atoms with E-state index in [1.807, 2.05) is 30.5 Å². The van der Waals surface area contributed by atoms with E-state index in [4.69, 9.17) is 0 Å². The number of nitrogens with zero attached hydrogens (tertiary/aromatic N) is 2. The van der Waals surface area contributed by atoms with Crippen molar-refractivity contribution in [3.63, 3.8) is 0 Å². The number of hydrogen-bond donors (Lipinski definition) is 1. The first-order chi connectivity index (χ1) is 9.33. The first-order valence-corrected chi connectivity index (χ1v) is 7.13. The maximum atomic E-state index is 4.66. The Hall–Kier alpha value is -1.78. The first-order valence-electron chi connectivity index (χ1n) is 6.32. The number of fused-ring (bicyclic) bond motifs is 1. The van der Waals surface area contributed by atoms with Crippen LogP contribution in [0.4, 0.5) is 0 Å². The van der Waals surface area contributed by atoms with Crippen LogP contribution in [0, 0.1) is 0 Å². The summed E-state index contributed by atoms with van der Waals surface area (Å²) in [6.45, 7) is 2.90. The van der Waals surface area contributed by atoms with Gasteiger partial charge in [0.15, 0.2) is 0 Å². The van der Waals surface area contributed by atoms with Gasteiger partial charge in [-0.05, 0) is 31.2 Å². The van der Waals surface area contributed by atoms with Gasteiger partial charge in [0.05, 0.1) is 22.0 Å². The maximum Gasteiger partial charge on any atom is 0.111 e. The Labute approximate surface area is 116 Å². The summed E-state index contributed by atoms with van der Waals surface area (Å²) in [5.41, 5.74) is 2.13. The van der Waals surface area contributed by atoms with Crippen LogP contribution in [0.3, 0.4) is 0 Å². The number of benzene rings is 1. The van der Waals surface area contributed by atoms with E-state index >= 15 is 0 Å². The minimum Gasteiger partial charge on any atom is -0.302 e. The van der Waals surface area contributed by atoms with Crippen molar-refractivity contribution >= 4 is 21.6 Å². The molecule has 3 rings (SSSR count). The molecule has 0 radical (unpaired) electrons. The average Bonchev–Trinajstić information content (AvgIpc) is 2.90. The van der Waals surface area contributed by atoms with Crippen molar-refractivity contribution in [3.8, 4) is 0 Å². The molecule has 2 heterocycles. The Bertz CT molecular complexity index is 630. The third kappa shape index (κ3) is 2.80. The lowest BCUT2D eigenvalue weighted by Gasteiger charge is -2.10. The first kappa shape index (κ1) is 12.3. The van der Waals surface area contributed by atoms with E-state index in [0.29, 0.717) is 0 Å². The van der Waals surface area contributed by atoms with Crippen molar-refractivity contribution in [2.24, 2.45) is 0 Å². The van der Waals surface area contributed by atoms with Crippen LogP contribution in [-0.4, -0.2) is 9.97 Å². The molecule has 1 N–H and O–H groups in total. The zero-order chi connectivity index (χ0) is 13.1. The van der Waals surface area contributed by atoms with Crippen molar-refractivity contribution < 1.29 is 0 Å². The maximum absolute atomic E-state index is 4.66. The standard InChI is InChI=1S/C15H15N3S/c1-11(17-10-12-6-4-5-9-16-12)15-18-13-7-2-3-8-14(13)19-15/h2-9,11,17H,10H2,1H3. The highest BCUT2D eigenvalue weighted by Crippen LogP contribution is 2.26. The molecular weight excluding hydrogens is 254 g/mol. The molecule has 96 valence electrons. The fourth-order valence-electron chi connectivity index (χ4n) is 1.92. The fourth-order valence-corrected chi connectivity index (χ4v) is 2.92. The van der Waals surface area contributed by atoms with Crippen molar-refractivity contribution in [1.29, 1.82) is 0 Å². The molecule has 0 saturated heterocycles. The van der Waals surface area contributed by atoms with E-state index in [0.717, 1.165) is 22.8 Å². The van der Waals surface area contributed by atoms with E-state index in [-0.39, 0.29) is 6.04 Å². The third-order valence-corrected chi connectivity index (χ3v) is 4.22. The SMILES string of the molecule is CC(NCc1ccccn1)c1nc2ccccc2s1. The van der Waals surface area contributed by atoms with E-state index < -0.39 is 0 Å². The molecule has 0 aliphatic rings. The highest BCUT2D eigenvalue weighted by molar-refractivity contribution is 7.18. The van der Waals surface area contributed by atoms with Crippen LogP contribution in [0.25, 0.3) is 10.2 Å². The van der Waals surface area contributed by atoms with Crippen LogP contribution in [0.5, 0.6) is 0 Å². The average molecular weight is 269 g/mol. The molecule has 2 aromatic heterocycles. The second kappa shape index (κ2) is 5.47. The summed E-state index contributed by atoms with van der Waals surface area (Å²) in [5, 5.41) is 4.58. The van der Waals surface area contributed by atoms with Gasteiger partial charge in [-0.3, -0.25) is 4.98 Å². The van der Waals surface area contributed by atoms with Crippen LogP contribution in [-0.2, 0) is 6.54 Å². The summed E-state index contributed by atoms with van der Waals surface area (Å²) in [6, 6.07) is 14.4. The van der Waals surface area contributed by atoms with Crippen molar-refractivity contribution in [1.82, 2.24) is 15.3 Å². The largest absolute Gasteiger partial charge is 0.302 e. The van der Waals surface area contributed by atoms with Gasteiger partial charge in [-0.2, -0.15) is 0 Å². The van der Waals surface area contributed by atoms with Crippen molar-refractivity contribution in [2.75, 3.05) is 0 Å². The predicted octanol–water partition coefficient (Wildman–Crippen LogP) is 3.54. The molecule has 0 aliphatic heterocycles. The second-order valence-corrected chi connectivity index (χ2v) is 5.51. The molecule has 19 heavy (non-hydrogen) atoms. The minimum atomic E-state index is 0.236. The van der Waals surface area contributed by atoms with Gasteiger partial charge in [0.1, 0.15) is 5.01 Å². The number of hydrogen-bond acceptors (Lipinski definition) is 4. The normalized spacial score (nSPS) is 12.7. The van der Waals surface area contributed by atoms with Crippen LogP contribution in [0.2, 0.25) is 0 Å². The Kier molecular flexibility index (Phi) is 3.53. The van der Waals surface area contributed by atoms with E-state index in [1.165, 1.54) is 4.70 Å². The number of rotatable bonds is 4. The summed E-state index contributed by atoms with van der Waals surface area (Å²) >= 11 is 1.75. The quantitative estimate of drug-likeness (QED) is 0.787. The summed E-state index contributed by atoms with van der Waals surface area (Å²) in [4.78, 5) is 8.97. The number of thiazole rings is 1. The highest BCUT2D eigenvalue weighted by atomic mass is 32.1. The summed E-state index contributed by atoms with van der Waals surface area (Å²) in [5.74, 6) is 0. The Morgan fingerprint density at radius 1 is 1.16 bits per heavy atom. The Morgan fingerprint density at radius 3 is 2.79 bits per heavy atom. The third-order valence-electron chi connectivity index (χ3n) is 3.00. The van der Waals surface area contributed by atoms with E-state index in [2.05, 4.69) is 40.4 Å². The van der Waals surface area contributed by atoms with E-state index in [9.17, 15) is 0 Å². The molecule has 0 saturated carbocycles. The number of aromatic nitrogens is 2. The lowest BCUT2D eigenvalue weighted by molar-refractivity contribution is 0.566. The summed E-state index contributed by atoms with van der Waals surface area (Å²) in [7, 11) is 0. The van der Waals surface area contributed by atoms with Gasteiger partial charge >= 0.3 is 0 Å². The lowest BCUT2D eigenvalue weighted by atomic mass is 10.3. The van der Waals surface area contributed by atoms with Gasteiger partial charge in [-0.25, -0.2) is 4.98 Å². The molecule has 1 aromatic carbocycles. The lowest BCUT2D eigenvalue weighted by Crippen LogP contribution is -2.18. The number of para-hydroxylation sites is 1. The smallest absolute Gasteiger partial charge is 0.111 e. The Morgan fingerprint density at radius 2 is 2.00 bits per heavy atom. The van der Waals surface area contributed by atoms with Crippen molar-refractivity contribution in [3.05, 3.63) is 59.4 Å². The summed E-state index contributed by atoms with van der Waals surface area (Å²) in [6.07, 6.45) is 1.82. The van der Waals surface area contributed by atoms with Crippen LogP contribution in [0.1, 0.15) is 23.7 Å². The highest BCUT2D eigenvalue weighted by Gasteiger charge is 2.10. The predicted molar refractivity (Wildman–Crippen MR) is 79.1 cm³/mol. The molecule has 1 unspecified atom stereocenters. The minimum absolute atomic E-state index is 0.236. The topological polar surface area (TPSA) is 37.8 Å². The number of pyridine rings is 1. The molecule has 0 amide bonds. The van der Waals surface area contributed by atoms with Gasteiger partial charge in [0.2, 0.25) is 0 Å². The van der Waals surface area contributed by atoms with Crippen LogP contribution >= 0.6 is 11.3 Å². The van der Waals surface area contributed by atoms with Gasteiger partial charge in [-0.15, -0.1) is 11.3 Å². The second-order valence-electron chi connectivity index (χ2n) is 4.44. The molecule has 4 heteroatoms. The zero-order valence-corrected chi connectivity index (χ0v) is 11.5. The van der Waals surface area contributed by atoms with Gasteiger partial charge in [-0.1, -0.05) is 18.2 Å². The van der Waals surface area contributed by atoms with Gasteiger partial charge in [0, 0.05) is 12.7 Å². The van der Waals surface area contributed by atoms with Crippen molar-refractivity contribution in [2.45, 2.75) is 19.5 Å². The monoisotopic (exact) mass is 269 g/mol. The number of nitrogens with one attached hydrogen (secondary N) is 1. The molecular formula is C15H15N3S. The van der Waals surface area contributed by atoms with E-state index in [1.54, 1.807) is 11.3 Å². The van der Waals surface area contributed by atoms with Crippen LogP contribution in [0.15, 0.2) is 48.7 Å². The Balaban J connectivity index is 1.71. The fraction of sp³-hybridized carbons (Fsp3) is 0.200. The van der Waals surface area contributed by atoms with Crippen LogP contribution < -0.4 is 5.32 Å². The van der Waals surface area contributed by atoms with Gasteiger partial charge < -0.3 is 5.32 Å². The molecule has 1 atom stereocenters. The zero-order valence-electron chi connectivity index (χ0n) is 10.7. The van der Waals surface area contributed by atoms with Gasteiger partial charge in [0.25, 0.3) is 0 Å². The molecule has 3 nitrogen and oxygen atoms in total. The summed E-state index contributed by atoms with van der Waals surface area (Å²) < 4.78 is 1.24. The molecule has 3 aromatic rings. The molecule has 0 fully saturated rings. The molecule has 0 aliphatic carbocycles. The molecule has 0 spiro atoms. The molecule has 0 bridgehead atoms.